The third-order valence-corrected chi connectivity index (χ3v) is 16.0. The van der Waals surface area contributed by atoms with Crippen molar-refractivity contribution in [3.63, 3.8) is 0 Å². The topological polar surface area (TPSA) is 196 Å². The summed E-state index contributed by atoms with van der Waals surface area (Å²) in [6, 6.07) is 15.3. The highest BCUT2D eigenvalue weighted by Gasteiger charge is 2.42. The lowest BCUT2D eigenvalue weighted by Gasteiger charge is -2.41. The minimum absolute atomic E-state index is 0.00655. The minimum atomic E-state index is -1.90. The van der Waals surface area contributed by atoms with Gasteiger partial charge in [-0.15, -0.1) is 0 Å². The fourth-order valence-corrected chi connectivity index (χ4v) is 10.4. The van der Waals surface area contributed by atoms with Crippen LogP contribution in [0.3, 0.4) is 0 Å². The van der Waals surface area contributed by atoms with E-state index < -0.39 is 93.6 Å². The average molecular weight is 1030 g/mol. The lowest BCUT2D eigenvalue weighted by molar-refractivity contribution is -0.148. The number of carbonyl (C=O) groups excluding carboxylic acids is 6. The second kappa shape index (κ2) is 25.0. The van der Waals surface area contributed by atoms with E-state index in [1.165, 1.54) is 11.8 Å². The van der Waals surface area contributed by atoms with Gasteiger partial charge in [0, 0.05) is 83.1 Å². The Labute approximate surface area is 416 Å². The molecule has 2 heterocycles. The summed E-state index contributed by atoms with van der Waals surface area (Å²) in [5, 5.41) is 18.5. The first-order chi connectivity index (χ1) is 32.7. The van der Waals surface area contributed by atoms with E-state index in [0.717, 1.165) is 46.9 Å². The van der Waals surface area contributed by atoms with Crippen molar-refractivity contribution >= 4 is 69.5 Å². The van der Waals surface area contributed by atoms with Crippen molar-refractivity contribution in [2.75, 3.05) is 44.3 Å². The first-order valence-corrected chi connectivity index (χ1v) is 32.1. The van der Waals surface area contributed by atoms with Crippen molar-refractivity contribution in [2.24, 2.45) is 5.41 Å². The Balaban J connectivity index is 1.58. The molecule has 20 heteroatoms. The van der Waals surface area contributed by atoms with E-state index in [4.69, 9.17) is 4.74 Å². The maximum atomic E-state index is 15.4. The number of imide groups is 1. The number of hydrogen-bond acceptors (Lipinski definition) is 9. The number of carbonyl (C=O) groups is 7. The molecule has 0 fully saturated rings. The molecule has 3 aromatic rings. The van der Waals surface area contributed by atoms with Crippen molar-refractivity contribution < 1.29 is 52.2 Å². The second-order valence-corrected chi connectivity index (χ2v) is 33.5. The van der Waals surface area contributed by atoms with Gasteiger partial charge in [0.15, 0.2) is 5.54 Å². The SMILES string of the molecule is CC(C)(C)[C@H](c1cc(-c2cc(F)ccc2F)cn1Cc1ccccc1)N(CCCNC(=O)OCC[Si](C)(C)C)C(=O)CSCCC(=O)N[C@](CC[Si](C)(C)C)(CNC(=O)CN1C(=O)C=CC1=O)C(=O)O. The molecule has 2 aromatic carbocycles. The fraction of sp³-hybridized carbons (Fsp3) is 0.500. The van der Waals surface area contributed by atoms with Crippen LogP contribution in [-0.2, 0) is 40.0 Å². The van der Waals surface area contributed by atoms with Crippen LogP contribution in [0.4, 0.5) is 13.6 Å². The van der Waals surface area contributed by atoms with Gasteiger partial charge in [-0.25, -0.2) is 18.4 Å². The van der Waals surface area contributed by atoms with Gasteiger partial charge in [-0.05, 0) is 54.1 Å². The van der Waals surface area contributed by atoms with Gasteiger partial charge >= 0.3 is 12.1 Å². The summed E-state index contributed by atoms with van der Waals surface area (Å²) in [7, 11) is -3.32. The number of thioether (sulfide) groups is 1. The molecular weight excluding hydrogens is 955 g/mol. The average Bonchev–Trinajstić information content (AvgIpc) is 3.81. The molecule has 70 heavy (non-hydrogen) atoms. The Morgan fingerprint density at radius 3 is 2.14 bits per heavy atom. The van der Waals surface area contributed by atoms with E-state index in [1.54, 1.807) is 17.2 Å². The van der Waals surface area contributed by atoms with E-state index >= 15 is 4.39 Å². The highest BCUT2D eigenvalue weighted by atomic mass is 32.2. The van der Waals surface area contributed by atoms with Crippen molar-refractivity contribution in [3.05, 3.63) is 95.8 Å². The number of ether oxygens (including phenoxy) is 1. The summed E-state index contributed by atoms with van der Waals surface area (Å²) in [6.45, 7) is 18.5. The van der Waals surface area contributed by atoms with Crippen LogP contribution in [0.1, 0.15) is 57.3 Å². The summed E-state index contributed by atoms with van der Waals surface area (Å²) >= 11 is 1.17. The van der Waals surface area contributed by atoms with Gasteiger partial charge in [0.2, 0.25) is 17.7 Å². The number of aliphatic carboxylic acids is 1. The molecule has 0 radical (unpaired) electrons. The molecule has 0 saturated heterocycles. The predicted octanol–water partition coefficient (Wildman–Crippen LogP) is 7.68. The molecule has 0 saturated carbocycles. The largest absolute Gasteiger partial charge is 0.479 e. The number of carboxylic acids is 1. The zero-order chi connectivity index (χ0) is 52.0. The number of nitrogens with one attached hydrogen (secondary N) is 3. The number of aromatic nitrogens is 1. The van der Waals surface area contributed by atoms with E-state index in [2.05, 4.69) is 35.6 Å². The third-order valence-electron chi connectivity index (χ3n) is 11.6. The lowest BCUT2D eigenvalue weighted by atomic mass is 9.83. The van der Waals surface area contributed by atoms with E-state index in [1.807, 2.05) is 75.3 Å². The molecule has 1 aliphatic rings. The molecule has 0 aliphatic carbocycles. The predicted molar refractivity (Wildman–Crippen MR) is 273 cm³/mol. The Hall–Kier alpha value is -5.61. The van der Waals surface area contributed by atoms with Crippen LogP contribution >= 0.6 is 11.8 Å². The molecule has 0 unspecified atom stereocenters. The number of benzene rings is 2. The second-order valence-electron chi connectivity index (χ2n) is 21.1. The number of rotatable bonds is 26. The summed E-state index contributed by atoms with van der Waals surface area (Å²) in [5.41, 5.74) is -0.467. The van der Waals surface area contributed by atoms with E-state index in [9.17, 15) is 43.1 Å². The molecule has 6 amide bonds. The van der Waals surface area contributed by atoms with Gasteiger partial charge < -0.3 is 35.3 Å². The highest BCUT2D eigenvalue weighted by Crippen LogP contribution is 2.41. The van der Waals surface area contributed by atoms with Gasteiger partial charge in [-0.1, -0.05) is 96.4 Å². The Bertz CT molecular complexity index is 2360. The Morgan fingerprint density at radius 2 is 1.53 bits per heavy atom. The van der Waals surface area contributed by atoms with Crippen LogP contribution in [0, 0.1) is 17.0 Å². The Morgan fingerprint density at radius 1 is 0.871 bits per heavy atom. The number of alkyl carbamates (subject to hydrolysis) is 1. The molecule has 382 valence electrons. The molecule has 4 N–H and O–H groups in total. The number of amides is 6. The number of halogens is 2. The standard InChI is InChI=1S/C50H70F2N6O9SSi2/c1-49(2,3)46(40-28-36(38-29-37(51)16-17-39(38)52)31-56(40)30-35-14-11-10-12-15-35)57(23-13-22-53-48(66)67-24-27-70(7,8)9)45(63)33-68-25-20-41(59)55-50(47(64)65,21-26-69(4,5)6)34-54-42(60)32-58-43(61)18-19-44(58)62/h10-12,14-19,28-29,31,46H,13,20-27,30,32-34H2,1-9H3,(H,53,66)(H,54,60)(H,55,59)(H,64,65)/t46-,50+/m0/s1. The van der Waals surface area contributed by atoms with Crippen LogP contribution in [0.25, 0.3) is 11.1 Å². The highest BCUT2D eigenvalue weighted by molar-refractivity contribution is 7.99. The van der Waals surface area contributed by atoms with Crippen LogP contribution in [0.15, 0.2) is 72.9 Å². The number of carboxylic acid groups (broad SMARTS) is 1. The monoisotopic (exact) mass is 1020 g/mol. The van der Waals surface area contributed by atoms with Gasteiger partial charge in [-0.3, -0.25) is 28.9 Å². The molecule has 15 nitrogen and oxygen atoms in total. The smallest absolute Gasteiger partial charge is 0.407 e. The minimum Gasteiger partial charge on any atom is -0.479 e. The summed E-state index contributed by atoms with van der Waals surface area (Å²) < 4.78 is 37.3. The molecule has 1 aliphatic heterocycles. The number of nitrogens with zero attached hydrogens (tertiary/aromatic N) is 3. The van der Waals surface area contributed by atoms with Crippen LogP contribution in [-0.4, -0.2) is 127 Å². The zero-order valence-corrected chi connectivity index (χ0v) is 44.7. The third kappa shape index (κ3) is 17.7. The summed E-state index contributed by atoms with van der Waals surface area (Å²) in [6.07, 6.45) is 3.44. The molecule has 0 spiro atoms. The maximum Gasteiger partial charge on any atom is 0.407 e. The van der Waals surface area contributed by atoms with E-state index in [-0.39, 0.29) is 48.9 Å². The van der Waals surface area contributed by atoms with Crippen molar-refractivity contribution in [2.45, 2.75) is 110 Å². The molecule has 4 rings (SSSR count). The van der Waals surface area contributed by atoms with Gasteiger partial charge in [0.05, 0.1) is 24.9 Å². The van der Waals surface area contributed by atoms with Crippen LogP contribution in [0.2, 0.25) is 51.4 Å². The lowest BCUT2D eigenvalue weighted by Crippen LogP contribution is -2.61. The van der Waals surface area contributed by atoms with Crippen molar-refractivity contribution in [1.82, 2.24) is 30.3 Å². The number of hydrogen-bond donors (Lipinski definition) is 4. The van der Waals surface area contributed by atoms with Gasteiger partial charge in [0.1, 0.15) is 18.2 Å². The van der Waals surface area contributed by atoms with Gasteiger partial charge in [-0.2, -0.15) is 11.8 Å². The first kappa shape index (κ1) is 57.0. The molecule has 1 aromatic heterocycles. The normalized spacial score (nSPS) is 14.2. The fourth-order valence-electron chi connectivity index (χ4n) is 7.74. The van der Waals surface area contributed by atoms with Gasteiger partial charge in [0.25, 0.3) is 11.8 Å². The van der Waals surface area contributed by atoms with Crippen LogP contribution in [0.5, 0.6) is 0 Å². The quantitative estimate of drug-likeness (QED) is 0.0352. The van der Waals surface area contributed by atoms with Crippen LogP contribution < -0.4 is 16.0 Å². The molecule has 2 atom stereocenters. The summed E-state index contributed by atoms with van der Waals surface area (Å²) in [5.74, 6) is -5.58. The van der Waals surface area contributed by atoms with Crippen molar-refractivity contribution in [3.8, 4) is 11.1 Å². The molecule has 0 bridgehead atoms. The van der Waals surface area contributed by atoms with E-state index in [0.29, 0.717) is 36.9 Å². The summed E-state index contributed by atoms with van der Waals surface area (Å²) in [4.78, 5) is 93.3. The zero-order valence-electron chi connectivity index (χ0n) is 41.9. The first-order valence-electron chi connectivity index (χ1n) is 23.5. The maximum absolute atomic E-state index is 15.4. The van der Waals surface area contributed by atoms with Crippen molar-refractivity contribution in [1.29, 1.82) is 0 Å². The molecular formula is C50H70F2N6O9SSi2. The Kier molecular flexibility index (Phi) is 20.3.